The van der Waals surface area contributed by atoms with Gasteiger partial charge in [0.1, 0.15) is 6.54 Å². The van der Waals surface area contributed by atoms with Crippen molar-refractivity contribution >= 4 is 40.9 Å². The van der Waals surface area contributed by atoms with Gasteiger partial charge in [0.2, 0.25) is 17.7 Å². The molecular formula is C18H20Cl2N2O3. The lowest BCUT2D eigenvalue weighted by Gasteiger charge is -2.21. The summed E-state index contributed by atoms with van der Waals surface area (Å²) in [5.74, 6) is -1.14. The summed E-state index contributed by atoms with van der Waals surface area (Å²) in [4.78, 5) is 40.0. The third-order valence-electron chi connectivity index (χ3n) is 5.07. The van der Waals surface area contributed by atoms with Crippen LogP contribution in [0.3, 0.4) is 0 Å². The van der Waals surface area contributed by atoms with E-state index in [4.69, 9.17) is 23.2 Å². The zero-order chi connectivity index (χ0) is 18.1. The molecule has 0 N–H and O–H groups in total. The standard InChI is InChI=1S/C18H20Cl2N2O3/c1-21(9-11-6-7-12(19)8-15(11)20)16(23)10-22-17(24)13-4-2-3-5-14(13)18(22)25/h6-8,13-14H,2-5,9-10H2,1H3/t13-,14+. The molecule has 7 heteroatoms. The van der Waals surface area contributed by atoms with E-state index in [0.29, 0.717) is 10.0 Å². The molecule has 3 amide bonds. The molecule has 2 fully saturated rings. The van der Waals surface area contributed by atoms with Crippen LogP contribution in [0.4, 0.5) is 0 Å². The van der Waals surface area contributed by atoms with E-state index in [-0.39, 0.29) is 42.6 Å². The van der Waals surface area contributed by atoms with Gasteiger partial charge in [-0.15, -0.1) is 0 Å². The van der Waals surface area contributed by atoms with E-state index < -0.39 is 0 Å². The Hall–Kier alpha value is -1.59. The molecule has 2 atom stereocenters. The van der Waals surface area contributed by atoms with E-state index in [1.165, 1.54) is 4.90 Å². The molecule has 3 rings (SSSR count). The Bertz CT molecular complexity index is 698. The van der Waals surface area contributed by atoms with Crippen molar-refractivity contribution in [2.45, 2.75) is 32.2 Å². The molecule has 5 nitrogen and oxygen atoms in total. The number of amides is 3. The van der Waals surface area contributed by atoms with Crippen molar-refractivity contribution in [3.05, 3.63) is 33.8 Å². The summed E-state index contributed by atoms with van der Waals surface area (Å²) in [6.07, 6.45) is 3.43. The Morgan fingerprint density at radius 1 is 1.16 bits per heavy atom. The van der Waals surface area contributed by atoms with Gasteiger partial charge in [-0.05, 0) is 30.5 Å². The molecule has 1 saturated carbocycles. The van der Waals surface area contributed by atoms with E-state index in [1.807, 2.05) is 0 Å². The predicted molar refractivity (Wildman–Crippen MR) is 95.1 cm³/mol. The number of benzene rings is 1. The second-order valence-corrected chi connectivity index (χ2v) is 7.59. The van der Waals surface area contributed by atoms with Gasteiger partial charge in [0.05, 0.1) is 11.8 Å². The van der Waals surface area contributed by atoms with E-state index in [2.05, 4.69) is 0 Å². The normalized spacial score (nSPS) is 22.9. The highest BCUT2D eigenvalue weighted by Gasteiger charge is 2.48. The topological polar surface area (TPSA) is 57.7 Å². The minimum Gasteiger partial charge on any atom is -0.340 e. The van der Waals surface area contributed by atoms with Gasteiger partial charge in [-0.25, -0.2) is 0 Å². The van der Waals surface area contributed by atoms with Crippen LogP contribution in [0.1, 0.15) is 31.2 Å². The number of imide groups is 1. The smallest absolute Gasteiger partial charge is 0.242 e. The Morgan fingerprint density at radius 2 is 1.76 bits per heavy atom. The first kappa shape index (κ1) is 18.2. The van der Waals surface area contributed by atoms with E-state index >= 15 is 0 Å². The lowest BCUT2D eigenvalue weighted by molar-refractivity contribution is -0.146. The quantitative estimate of drug-likeness (QED) is 0.751. The minimum absolute atomic E-state index is 0.194. The van der Waals surface area contributed by atoms with Gasteiger partial charge in [0.15, 0.2) is 0 Å². The molecule has 0 spiro atoms. The molecule has 0 unspecified atom stereocenters. The summed E-state index contributed by atoms with van der Waals surface area (Å²) >= 11 is 12.0. The summed E-state index contributed by atoms with van der Waals surface area (Å²) in [7, 11) is 1.63. The van der Waals surface area contributed by atoms with Crippen LogP contribution in [0.15, 0.2) is 18.2 Å². The molecule has 0 aromatic heterocycles. The maximum atomic E-state index is 12.5. The number of fused-ring (bicyclic) bond motifs is 1. The number of likely N-dealkylation sites (N-methyl/N-ethyl adjacent to an activating group) is 1. The van der Waals surface area contributed by atoms with Crippen LogP contribution < -0.4 is 0 Å². The lowest BCUT2D eigenvalue weighted by atomic mass is 9.81. The second-order valence-electron chi connectivity index (χ2n) is 6.75. The Morgan fingerprint density at radius 3 is 2.32 bits per heavy atom. The number of likely N-dealkylation sites (tertiary alicyclic amines) is 1. The van der Waals surface area contributed by atoms with Gasteiger partial charge in [-0.1, -0.05) is 42.1 Å². The first-order valence-corrected chi connectivity index (χ1v) is 9.17. The summed E-state index contributed by atoms with van der Waals surface area (Å²) in [6.45, 7) is 0.0876. The number of rotatable bonds is 4. The van der Waals surface area contributed by atoms with Gasteiger partial charge in [-0.2, -0.15) is 0 Å². The van der Waals surface area contributed by atoms with Crippen LogP contribution >= 0.6 is 23.2 Å². The van der Waals surface area contributed by atoms with Crippen molar-refractivity contribution in [3.8, 4) is 0 Å². The van der Waals surface area contributed by atoms with Crippen LogP contribution in [0, 0.1) is 11.8 Å². The first-order chi connectivity index (χ1) is 11.9. The van der Waals surface area contributed by atoms with Crippen molar-refractivity contribution in [2.75, 3.05) is 13.6 Å². The van der Waals surface area contributed by atoms with Gasteiger partial charge in [0.25, 0.3) is 0 Å². The SMILES string of the molecule is CN(Cc1ccc(Cl)cc1Cl)C(=O)CN1C(=O)[C@H]2CCCC[C@H]2C1=O. The first-order valence-electron chi connectivity index (χ1n) is 8.41. The number of halogens is 2. The zero-order valence-corrected chi connectivity index (χ0v) is 15.5. The molecule has 1 aromatic rings. The highest BCUT2D eigenvalue weighted by Crippen LogP contribution is 2.37. The van der Waals surface area contributed by atoms with Crippen molar-refractivity contribution in [3.63, 3.8) is 0 Å². The molecule has 1 aliphatic carbocycles. The third-order valence-corrected chi connectivity index (χ3v) is 5.66. The molecule has 2 aliphatic rings. The van der Waals surface area contributed by atoms with Crippen LogP contribution in [-0.4, -0.2) is 41.1 Å². The molecule has 0 bridgehead atoms. The summed E-state index contributed by atoms with van der Waals surface area (Å²) in [5.41, 5.74) is 0.759. The average Bonchev–Trinajstić information content (AvgIpc) is 2.82. The Balaban J connectivity index is 1.65. The van der Waals surface area contributed by atoms with Gasteiger partial charge in [0, 0.05) is 23.6 Å². The van der Waals surface area contributed by atoms with Crippen molar-refractivity contribution in [2.24, 2.45) is 11.8 Å². The van der Waals surface area contributed by atoms with Gasteiger partial charge in [-0.3, -0.25) is 19.3 Å². The fourth-order valence-electron chi connectivity index (χ4n) is 3.64. The maximum absolute atomic E-state index is 12.5. The molecule has 1 aromatic carbocycles. The summed E-state index contributed by atoms with van der Waals surface area (Å²) in [6, 6.07) is 5.09. The number of hydrogen-bond acceptors (Lipinski definition) is 3. The molecular weight excluding hydrogens is 363 g/mol. The fourth-order valence-corrected chi connectivity index (χ4v) is 4.10. The zero-order valence-electron chi connectivity index (χ0n) is 14.0. The van der Waals surface area contributed by atoms with Gasteiger partial charge < -0.3 is 4.90 Å². The molecule has 134 valence electrons. The van der Waals surface area contributed by atoms with E-state index in [9.17, 15) is 14.4 Å². The minimum atomic E-state index is -0.286. The average molecular weight is 383 g/mol. The third kappa shape index (κ3) is 3.67. The number of nitrogens with zero attached hydrogens (tertiary/aromatic N) is 2. The number of carbonyl (C=O) groups is 3. The maximum Gasteiger partial charge on any atom is 0.242 e. The lowest BCUT2D eigenvalue weighted by Crippen LogP contribution is -2.41. The Kier molecular flexibility index (Phi) is 5.35. The highest BCUT2D eigenvalue weighted by molar-refractivity contribution is 6.35. The molecule has 0 radical (unpaired) electrons. The van der Waals surface area contributed by atoms with Crippen LogP contribution in [-0.2, 0) is 20.9 Å². The van der Waals surface area contributed by atoms with E-state index in [1.54, 1.807) is 25.2 Å². The predicted octanol–water partition coefficient (Wildman–Crippen LogP) is 3.13. The molecule has 1 saturated heterocycles. The van der Waals surface area contributed by atoms with Gasteiger partial charge >= 0.3 is 0 Å². The van der Waals surface area contributed by atoms with Crippen molar-refractivity contribution in [1.29, 1.82) is 0 Å². The van der Waals surface area contributed by atoms with Crippen LogP contribution in [0.25, 0.3) is 0 Å². The number of carbonyl (C=O) groups excluding carboxylic acids is 3. The Labute approximate surface area is 156 Å². The van der Waals surface area contributed by atoms with Crippen LogP contribution in [0.2, 0.25) is 10.0 Å². The van der Waals surface area contributed by atoms with E-state index in [0.717, 1.165) is 36.1 Å². The van der Waals surface area contributed by atoms with Crippen molar-refractivity contribution in [1.82, 2.24) is 9.80 Å². The monoisotopic (exact) mass is 382 g/mol. The van der Waals surface area contributed by atoms with Crippen molar-refractivity contribution < 1.29 is 14.4 Å². The molecule has 25 heavy (non-hydrogen) atoms. The summed E-state index contributed by atoms with van der Waals surface area (Å²) < 4.78 is 0. The number of hydrogen-bond donors (Lipinski definition) is 0. The van der Waals surface area contributed by atoms with Crippen LogP contribution in [0.5, 0.6) is 0 Å². The molecule has 1 aliphatic heterocycles. The largest absolute Gasteiger partial charge is 0.340 e. The summed E-state index contributed by atoms with van der Waals surface area (Å²) in [5, 5.41) is 1.00. The highest BCUT2D eigenvalue weighted by atomic mass is 35.5. The fraction of sp³-hybridized carbons (Fsp3) is 0.500. The molecule has 1 heterocycles. The second kappa shape index (κ2) is 7.34.